The number of amides is 2. The van der Waals surface area contributed by atoms with Crippen LogP contribution in [0.1, 0.15) is 39.0 Å². The van der Waals surface area contributed by atoms with E-state index in [1.165, 1.54) is 33.8 Å². The van der Waals surface area contributed by atoms with E-state index in [1.54, 1.807) is 11.8 Å². The molecule has 3 rings (SSSR count). The molecule has 0 fully saturated rings. The van der Waals surface area contributed by atoms with Crippen molar-refractivity contribution in [3.63, 3.8) is 0 Å². The number of hydrazine groups is 1. The maximum Gasteiger partial charge on any atom is 0.279 e. The van der Waals surface area contributed by atoms with Crippen LogP contribution in [0.3, 0.4) is 0 Å². The lowest BCUT2D eigenvalue weighted by Gasteiger charge is -2.12. The minimum absolute atomic E-state index is 0.187. The Bertz CT molecular complexity index is 706. The van der Waals surface area contributed by atoms with Gasteiger partial charge in [-0.3, -0.25) is 20.4 Å². The van der Waals surface area contributed by atoms with Crippen molar-refractivity contribution in [2.45, 2.75) is 37.2 Å². The zero-order chi connectivity index (χ0) is 16.9. The van der Waals surface area contributed by atoms with Crippen LogP contribution in [-0.4, -0.2) is 17.1 Å². The number of hydrogen-bond donors (Lipinski definition) is 2. The highest BCUT2D eigenvalue weighted by atomic mass is 32.2. The van der Waals surface area contributed by atoms with E-state index >= 15 is 0 Å². The fourth-order valence-electron chi connectivity index (χ4n) is 2.59. The molecule has 24 heavy (non-hydrogen) atoms. The maximum atomic E-state index is 12.1. The summed E-state index contributed by atoms with van der Waals surface area (Å²) in [4.78, 5) is 26.2. The minimum atomic E-state index is -0.237. The maximum absolute atomic E-state index is 12.1. The number of rotatable bonds is 5. The Morgan fingerprint density at radius 3 is 2.75 bits per heavy atom. The summed E-state index contributed by atoms with van der Waals surface area (Å²) in [5.74, 6) is 0.345. The third kappa shape index (κ3) is 4.19. The first-order valence-corrected chi connectivity index (χ1v) is 9.87. The predicted octanol–water partition coefficient (Wildman–Crippen LogP) is 3.32. The lowest BCUT2D eigenvalue weighted by atomic mass is 10.2. The van der Waals surface area contributed by atoms with Crippen molar-refractivity contribution < 1.29 is 9.59 Å². The van der Waals surface area contributed by atoms with Crippen LogP contribution in [-0.2, 0) is 23.4 Å². The summed E-state index contributed by atoms with van der Waals surface area (Å²) in [5, 5.41) is -0.237. The molecule has 1 aromatic carbocycles. The molecule has 0 radical (unpaired) electrons. The van der Waals surface area contributed by atoms with Gasteiger partial charge in [0.2, 0.25) is 0 Å². The molecule has 0 saturated heterocycles. The molecule has 0 spiro atoms. The van der Waals surface area contributed by atoms with Crippen molar-refractivity contribution >= 4 is 34.9 Å². The van der Waals surface area contributed by atoms with Crippen molar-refractivity contribution in [2.24, 2.45) is 0 Å². The molecule has 4 nitrogen and oxygen atoms in total. The van der Waals surface area contributed by atoms with Gasteiger partial charge in [0.05, 0.1) is 10.1 Å². The third-order valence-electron chi connectivity index (χ3n) is 3.98. The van der Waals surface area contributed by atoms with Crippen LogP contribution < -0.4 is 10.9 Å². The molecule has 2 N–H and O–H groups in total. The quantitative estimate of drug-likeness (QED) is 0.804. The fraction of sp³-hybridized carbons (Fsp3) is 0.333. The molecular formula is C18H20N2O2S2. The van der Waals surface area contributed by atoms with Gasteiger partial charge in [0.1, 0.15) is 0 Å². The van der Waals surface area contributed by atoms with E-state index < -0.39 is 0 Å². The van der Waals surface area contributed by atoms with Gasteiger partial charge < -0.3 is 0 Å². The first-order valence-electron chi connectivity index (χ1n) is 8.01. The average Bonchev–Trinajstić information content (AvgIpc) is 3.20. The van der Waals surface area contributed by atoms with Crippen LogP contribution in [0, 0.1) is 0 Å². The summed E-state index contributed by atoms with van der Waals surface area (Å²) in [5.41, 5.74) is 7.51. The van der Waals surface area contributed by atoms with E-state index in [9.17, 15) is 9.59 Å². The minimum Gasteiger partial charge on any atom is -0.272 e. The van der Waals surface area contributed by atoms with Crippen molar-refractivity contribution in [3.8, 4) is 0 Å². The van der Waals surface area contributed by atoms with E-state index in [0.717, 1.165) is 18.6 Å². The molecular weight excluding hydrogens is 340 g/mol. The molecule has 2 aromatic rings. The summed E-state index contributed by atoms with van der Waals surface area (Å²) in [6.07, 6.45) is 3.29. The second-order valence-corrected chi connectivity index (χ2v) is 8.26. The number of carbonyl (C=O) groups is 2. The van der Waals surface area contributed by atoms with Crippen LogP contribution in [0.5, 0.6) is 0 Å². The lowest BCUT2D eigenvalue weighted by Crippen LogP contribution is -2.44. The fourth-order valence-corrected chi connectivity index (χ4v) is 4.59. The van der Waals surface area contributed by atoms with Crippen LogP contribution in [0.2, 0.25) is 0 Å². The number of nitrogens with one attached hydrogen (secondary N) is 2. The molecule has 6 heteroatoms. The summed E-state index contributed by atoms with van der Waals surface area (Å²) in [6.45, 7) is 1.84. The number of carbonyl (C=O) groups excluding carboxylic acids is 2. The van der Waals surface area contributed by atoms with Crippen LogP contribution >= 0.6 is 23.1 Å². The third-order valence-corrected chi connectivity index (χ3v) is 6.43. The van der Waals surface area contributed by atoms with Gasteiger partial charge >= 0.3 is 0 Å². The van der Waals surface area contributed by atoms with E-state index in [2.05, 4.69) is 10.9 Å². The molecule has 0 aliphatic heterocycles. The predicted molar refractivity (Wildman–Crippen MR) is 99.2 cm³/mol. The summed E-state index contributed by atoms with van der Waals surface area (Å²) < 4.78 is 0. The number of thiophene rings is 1. The van der Waals surface area contributed by atoms with Gasteiger partial charge in [-0.05, 0) is 43.4 Å². The smallest absolute Gasteiger partial charge is 0.272 e. The second-order valence-electron chi connectivity index (χ2n) is 5.79. The van der Waals surface area contributed by atoms with Crippen molar-refractivity contribution in [2.75, 3.05) is 0 Å². The Kier molecular flexibility index (Phi) is 5.58. The molecule has 1 aliphatic rings. The summed E-state index contributed by atoms with van der Waals surface area (Å²) in [6, 6.07) is 12.0. The van der Waals surface area contributed by atoms with Gasteiger partial charge in [0.25, 0.3) is 11.8 Å². The summed E-state index contributed by atoms with van der Waals surface area (Å²) in [7, 11) is 0. The van der Waals surface area contributed by atoms with E-state index in [1.807, 2.05) is 43.3 Å². The monoisotopic (exact) mass is 360 g/mol. The van der Waals surface area contributed by atoms with Crippen LogP contribution in [0.15, 0.2) is 36.4 Å². The van der Waals surface area contributed by atoms with E-state index in [4.69, 9.17) is 0 Å². The second kappa shape index (κ2) is 7.85. The van der Waals surface area contributed by atoms with Crippen molar-refractivity contribution in [1.82, 2.24) is 10.9 Å². The van der Waals surface area contributed by atoms with Crippen LogP contribution in [0.25, 0.3) is 0 Å². The van der Waals surface area contributed by atoms with Gasteiger partial charge in [-0.2, -0.15) is 0 Å². The molecule has 0 unspecified atom stereocenters. The number of fused-ring (bicyclic) bond motifs is 1. The zero-order valence-electron chi connectivity index (χ0n) is 13.5. The molecule has 0 saturated carbocycles. The first kappa shape index (κ1) is 17.0. The molecule has 1 heterocycles. The molecule has 2 amide bonds. The van der Waals surface area contributed by atoms with Gasteiger partial charge in [0, 0.05) is 10.6 Å². The van der Waals surface area contributed by atoms with Gasteiger partial charge in [-0.15, -0.1) is 23.1 Å². The number of thioether (sulfide) groups is 1. The summed E-state index contributed by atoms with van der Waals surface area (Å²) >= 11 is 3.07. The highest BCUT2D eigenvalue weighted by Gasteiger charge is 2.19. The standard InChI is InChI=1S/C18H20N2O2S2/c1-12(23-11-13-6-3-2-4-7-13)17(21)19-20-18(22)16-10-14-8-5-9-15(14)24-16/h2-4,6-7,10,12H,5,8-9,11H2,1H3,(H,19,21)(H,20,22)/t12-/m1/s1. The Balaban J connectivity index is 1.44. The highest BCUT2D eigenvalue weighted by molar-refractivity contribution is 7.99. The molecule has 126 valence electrons. The Morgan fingerprint density at radius 2 is 2.00 bits per heavy atom. The van der Waals surface area contributed by atoms with E-state index in [-0.39, 0.29) is 17.1 Å². The van der Waals surface area contributed by atoms with Crippen molar-refractivity contribution in [3.05, 3.63) is 57.3 Å². The topological polar surface area (TPSA) is 58.2 Å². The highest BCUT2D eigenvalue weighted by Crippen LogP contribution is 2.30. The van der Waals surface area contributed by atoms with E-state index in [0.29, 0.717) is 4.88 Å². The SMILES string of the molecule is C[C@@H](SCc1ccccc1)C(=O)NNC(=O)c1cc2c(s1)CCC2. The number of benzene rings is 1. The molecule has 1 aromatic heterocycles. The largest absolute Gasteiger partial charge is 0.279 e. The Hall–Kier alpha value is -1.79. The van der Waals surface area contributed by atoms with Crippen LogP contribution in [0.4, 0.5) is 0 Å². The first-order chi connectivity index (χ1) is 11.6. The average molecular weight is 361 g/mol. The molecule has 1 aliphatic carbocycles. The molecule has 1 atom stereocenters. The number of hydrogen-bond acceptors (Lipinski definition) is 4. The molecule has 0 bridgehead atoms. The van der Waals surface area contributed by atoms with Crippen molar-refractivity contribution in [1.29, 1.82) is 0 Å². The zero-order valence-corrected chi connectivity index (χ0v) is 15.1. The normalized spacial score (nSPS) is 14.0. The van der Waals surface area contributed by atoms with Gasteiger partial charge in [-0.1, -0.05) is 30.3 Å². The lowest BCUT2D eigenvalue weighted by molar-refractivity contribution is -0.121. The Labute approximate surface area is 150 Å². The Morgan fingerprint density at radius 1 is 1.21 bits per heavy atom. The van der Waals surface area contributed by atoms with Gasteiger partial charge in [-0.25, -0.2) is 0 Å². The number of aryl methyl sites for hydroxylation is 2. The van der Waals surface area contributed by atoms with Gasteiger partial charge in [0.15, 0.2) is 0 Å².